The van der Waals surface area contributed by atoms with Crippen molar-refractivity contribution in [1.29, 1.82) is 0 Å². The fourth-order valence-corrected chi connectivity index (χ4v) is 2.54. The van der Waals surface area contributed by atoms with Crippen molar-refractivity contribution in [3.63, 3.8) is 0 Å². The topological polar surface area (TPSA) is 62.6 Å². The number of rotatable bonds is 6. The van der Waals surface area contributed by atoms with Gasteiger partial charge < -0.3 is 14.6 Å². The lowest BCUT2D eigenvalue weighted by Crippen LogP contribution is -2.36. The Morgan fingerprint density at radius 1 is 1.40 bits per heavy atom. The molecule has 5 nitrogen and oxygen atoms in total. The number of carbonyl (C=O) groups excluding carboxylic acids is 2. The van der Waals surface area contributed by atoms with Gasteiger partial charge in [0.05, 0.1) is 12.8 Å². The summed E-state index contributed by atoms with van der Waals surface area (Å²) in [4.78, 5) is 25.1. The van der Waals surface area contributed by atoms with E-state index < -0.39 is 0 Å². The van der Waals surface area contributed by atoms with E-state index in [0.29, 0.717) is 25.6 Å². The molecule has 0 saturated heterocycles. The molecule has 0 bridgehead atoms. The fraction of sp³-hybridized carbons (Fsp3) is 0.600. The van der Waals surface area contributed by atoms with Gasteiger partial charge in [-0.3, -0.25) is 9.59 Å². The zero-order chi connectivity index (χ0) is 14.4. The predicted octanol–water partition coefficient (Wildman–Crippen LogP) is 2.08. The minimum absolute atomic E-state index is 0.0302. The first-order valence-corrected chi connectivity index (χ1v) is 7.22. The van der Waals surface area contributed by atoms with Crippen LogP contribution in [0.25, 0.3) is 0 Å². The third-order valence-electron chi connectivity index (χ3n) is 3.70. The van der Waals surface area contributed by atoms with Crippen molar-refractivity contribution < 1.29 is 14.0 Å². The maximum absolute atomic E-state index is 11.9. The van der Waals surface area contributed by atoms with Crippen LogP contribution < -0.4 is 5.32 Å². The van der Waals surface area contributed by atoms with Crippen molar-refractivity contribution in [3.05, 3.63) is 24.2 Å². The standard InChI is InChI=1S/C15H22N2O3/c1-12(18)17(11-14-7-4-10-20-14)9-8-15(19)16-13-5-2-3-6-13/h4,7,10,13H,2-3,5-6,8-9,11H2,1H3,(H,16,19). The molecule has 1 fully saturated rings. The number of furan rings is 1. The lowest BCUT2D eigenvalue weighted by atomic mass is 10.2. The Morgan fingerprint density at radius 3 is 2.75 bits per heavy atom. The largest absolute Gasteiger partial charge is 0.467 e. The molecule has 20 heavy (non-hydrogen) atoms. The number of amides is 2. The first-order chi connectivity index (χ1) is 9.65. The fourth-order valence-electron chi connectivity index (χ4n) is 2.54. The number of carbonyl (C=O) groups is 2. The first-order valence-electron chi connectivity index (χ1n) is 7.22. The predicted molar refractivity (Wildman–Crippen MR) is 74.8 cm³/mol. The van der Waals surface area contributed by atoms with Crippen LogP contribution in [-0.4, -0.2) is 29.3 Å². The highest BCUT2D eigenvalue weighted by Crippen LogP contribution is 2.17. The summed E-state index contributed by atoms with van der Waals surface area (Å²) in [6, 6.07) is 3.95. The normalized spacial score (nSPS) is 15.2. The molecule has 0 spiro atoms. The molecule has 0 unspecified atom stereocenters. The summed E-state index contributed by atoms with van der Waals surface area (Å²) in [5.74, 6) is 0.717. The summed E-state index contributed by atoms with van der Waals surface area (Å²) in [6.07, 6.45) is 6.48. The van der Waals surface area contributed by atoms with Gasteiger partial charge in [-0.1, -0.05) is 12.8 Å². The molecule has 1 aliphatic carbocycles. The highest BCUT2D eigenvalue weighted by atomic mass is 16.3. The lowest BCUT2D eigenvalue weighted by molar-refractivity contribution is -0.130. The number of nitrogens with zero attached hydrogens (tertiary/aromatic N) is 1. The third kappa shape index (κ3) is 4.40. The molecular weight excluding hydrogens is 256 g/mol. The maximum atomic E-state index is 11.9. The van der Waals surface area contributed by atoms with Crippen molar-refractivity contribution in [1.82, 2.24) is 10.2 Å². The average Bonchev–Trinajstić information content (AvgIpc) is 3.06. The van der Waals surface area contributed by atoms with Gasteiger partial charge in [0.1, 0.15) is 5.76 Å². The zero-order valence-electron chi connectivity index (χ0n) is 11.9. The molecule has 0 radical (unpaired) electrons. The summed E-state index contributed by atoms with van der Waals surface area (Å²) in [5.41, 5.74) is 0. The summed E-state index contributed by atoms with van der Waals surface area (Å²) in [6.45, 7) is 2.35. The van der Waals surface area contributed by atoms with Crippen LogP contribution in [0.5, 0.6) is 0 Å². The van der Waals surface area contributed by atoms with Gasteiger partial charge in [0.2, 0.25) is 11.8 Å². The van der Waals surface area contributed by atoms with Crippen molar-refractivity contribution >= 4 is 11.8 Å². The van der Waals surface area contributed by atoms with Crippen LogP contribution >= 0.6 is 0 Å². The van der Waals surface area contributed by atoms with Crippen molar-refractivity contribution in [2.45, 2.75) is 51.6 Å². The van der Waals surface area contributed by atoms with Crippen LogP contribution in [0, 0.1) is 0 Å². The molecule has 1 aliphatic rings. The van der Waals surface area contributed by atoms with Gasteiger partial charge in [-0.25, -0.2) is 0 Å². The van der Waals surface area contributed by atoms with E-state index in [9.17, 15) is 9.59 Å². The Bertz CT molecular complexity index is 436. The molecule has 5 heteroatoms. The van der Waals surface area contributed by atoms with Crippen LogP contribution in [-0.2, 0) is 16.1 Å². The molecule has 0 aliphatic heterocycles. The number of hydrogen-bond acceptors (Lipinski definition) is 3. The van der Waals surface area contributed by atoms with Gasteiger partial charge in [0, 0.05) is 25.9 Å². The molecule has 0 atom stereocenters. The first kappa shape index (κ1) is 14.6. The summed E-state index contributed by atoms with van der Waals surface area (Å²) < 4.78 is 5.23. The van der Waals surface area contributed by atoms with Gasteiger partial charge >= 0.3 is 0 Å². The number of nitrogens with one attached hydrogen (secondary N) is 1. The van der Waals surface area contributed by atoms with E-state index in [4.69, 9.17) is 4.42 Å². The second-order valence-electron chi connectivity index (χ2n) is 5.32. The van der Waals surface area contributed by atoms with E-state index in [0.717, 1.165) is 18.6 Å². The Kier molecular flexibility index (Phi) is 5.21. The summed E-state index contributed by atoms with van der Waals surface area (Å²) in [7, 11) is 0. The van der Waals surface area contributed by atoms with Gasteiger partial charge in [-0.2, -0.15) is 0 Å². The quantitative estimate of drug-likeness (QED) is 0.866. The summed E-state index contributed by atoms with van der Waals surface area (Å²) >= 11 is 0. The lowest BCUT2D eigenvalue weighted by Gasteiger charge is -2.20. The molecule has 110 valence electrons. The Balaban J connectivity index is 1.76. The molecule has 0 aromatic carbocycles. The molecule has 1 heterocycles. The van der Waals surface area contributed by atoms with E-state index >= 15 is 0 Å². The Labute approximate surface area is 119 Å². The molecule has 1 aromatic rings. The van der Waals surface area contributed by atoms with Crippen LogP contribution in [0.3, 0.4) is 0 Å². The van der Waals surface area contributed by atoms with Gasteiger partial charge in [0.25, 0.3) is 0 Å². The van der Waals surface area contributed by atoms with Crippen LogP contribution in [0.4, 0.5) is 0 Å². The van der Waals surface area contributed by atoms with Crippen LogP contribution in [0.1, 0.15) is 44.8 Å². The van der Waals surface area contributed by atoms with Crippen LogP contribution in [0.15, 0.2) is 22.8 Å². The second-order valence-corrected chi connectivity index (χ2v) is 5.32. The van der Waals surface area contributed by atoms with Crippen molar-refractivity contribution in [2.24, 2.45) is 0 Å². The highest BCUT2D eigenvalue weighted by molar-refractivity contribution is 5.78. The van der Waals surface area contributed by atoms with Crippen molar-refractivity contribution in [2.75, 3.05) is 6.54 Å². The van der Waals surface area contributed by atoms with Gasteiger partial charge in [-0.05, 0) is 25.0 Å². The average molecular weight is 278 g/mol. The van der Waals surface area contributed by atoms with Crippen molar-refractivity contribution in [3.8, 4) is 0 Å². The van der Waals surface area contributed by atoms with Gasteiger partial charge in [0.15, 0.2) is 0 Å². The molecule has 2 amide bonds. The Morgan fingerprint density at radius 2 is 2.15 bits per heavy atom. The van der Waals surface area contributed by atoms with Crippen LogP contribution in [0.2, 0.25) is 0 Å². The zero-order valence-corrected chi connectivity index (χ0v) is 11.9. The molecule has 2 rings (SSSR count). The minimum atomic E-state index is -0.0462. The number of hydrogen-bond donors (Lipinski definition) is 1. The van der Waals surface area contributed by atoms with E-state index in [1.54, 1.807) is 17.2 Å². The van der Waals surface area contributed by atoms with E-state index in [1.807, 2.05) is 6.07 Å². The molecular formula is C15H22N2O3. The van der Waals surface area contributed by atoms with Gasteiger partial charge in [-0.15, -0.1) is 0 Å². The van der Waals surface area contributed by atoms with E-state index in [1.165, 1.54) is 19.8 Å². The smallest absolute Gasteiger partial charge is 0.221 e. The monoisotopic (exact) mass is 278 g/mol. The molecule has 1 saturated carbocycles. The highest BCUT2D eigenvalue weighted by Gasteiger charge is 2.18. The third-order valence-corrected chi connectivity index (χ3v) is 3.70. The SMILES string of the molecule is CC(=O)N(CCC(=O)NC1CCCC1)Cc1ccco1. The Hall–Kier alpha value is -1.78. The van der Waals surface area contributed by atoms with E-state index in [2.05, 4.69) is 5.32 Å². The second kappa shape index (κ2) is 7.12. The molecule has 1 aromatic heterocycles. The summed E-state index contributed by atoms with van der Waals surface area (Å²) in [5, 5.41) is 3.03. The minimum Gasteiger partial charge on any atom is -0.467 e. The maximum Gasteiger partial charge on any atom is 0.221 e. The molecule has 1 N–H and O–H groups in total. The van der Waals surface area contributed by atoms with E-state index in [-0.39, 0.29) is 11.8 Å².